The van der Waals surface area contributed by atoms with Gasteiger partial charge in [0.25, 0.3) is 0 Å². The van der Waals surface area contributed by atoms with Gasteiger partial charge in [-0.2, -0.15) is 0 Å². The Labute approximate surface area is 116 Å². The van der Waals surface area contributed by atoms with Crippen LogP contribution in [0.5, 0.6) is 0 Å². The maximum atomic E-state index is 11.3. The van der Waals surface area contributed by atoms with Gasteiger partial charge in [0.1, 0.15) is 5.69 Å². The molecule has 3 rings (SSSR count). The Morgan fingerprint density at radius 1 is 1.05 bits per heavy atom. The fourth-order valence-electron chi connectivity index (χ4n) is 2.05. The van der Waals surface area contributed by atoms with Crippen LogP contribution in [0.4, 0.5) is 0 Å². The first-order valence-electron chi connectivity index (χ1n) is 6.17. The molecule has 2 heterocycles. The van der Waals surface area contributed by atoms with Crippen LogP contribution in [0.2, 0.25) is 0 Å². The number of hydrogen-bond donors (Lipinski definition) is 0. The molecular formula is C16H12N2O2. The fourth-order valence-corrected chi connectivity index (χ4v) is 2.05. The van der Waals surface area contributed by atoms with E-state index in [4.69, 9.17) is 0 Å². The first-order valence-corrected chi connectivity index (χ1v) is 6.17. The molecule has 2 aromatic heterocycles. The maximum absolute atomic E-state index is 11.3. The van der Waals surface area contributed by atoms with Gasteiger partial charge in [-0.3, -0.25) is 4.98 Å². The van der Waals surface area contributed by atoms with Gasteiger partial charge in [-0.1, -0.05) is 18.2 Å². The Morgan fingerprint density at radius 2 is 1.90 bits per heavy atom. The number of rotatable bonds is 2. The summed E-state index contributed by atoms with van der Waals surface area (Å²) in [6.07, 6.45) is 3.44. The zero-order valence-corrected chi connectivity index (χ0v) is 10.9. The van der Waals surface area contributed by atoms with Crippen molar-refractivity contribution in [2.75, 3.05) is 7.11 Å². The van der Waals surface area contributed by atoms with Gasteiger partial charge in [0.05, 0.1) is 12.6 Å². The van der Waals surface area contributed by atoms with Gasteiger partial charge in [0.15, 0.2) is 0 Å². The van der Waals surface area contributed by atoms with Crippen LogP contribution in [0.1, 0.15) is 10.5 Å². The van der Waals surface area contributed by atoms with Crippen molar-refractivity contribution in [1.29, 1.82) is 0 Å². The highest BCUT2D eigenvalue weighted by molar-refractivity contribution is 5.88. The first kappa shape index (κ1) is 12.3. The zero-order valence-electron chi connectivity index (χ0n) is 10.9. The molecule has 0 aliphatic heterocycles. The molecule has 98 valence electrons. The van der Waals surface area contributed by atoms with Gasteiger partial charge in [-0.05, 0) is 29.8 Å². The molecule has 4 nitrogen and oxygen atoms in total. The number of hydrogen-bond acceptors (Lipinski definition) is 4. The van der Waals surface area contributed by atoms with Crippen LogP contribution in [0, 0.1) is 0 Å². The summed E-state index contributed by atoms with van der Waals surface area (Å²) in [4.78, 5) is 19.7. The van der Waals surface area contributed by atoms with Crippen LogP contribution < -0.4 is 0 Å². The lowest BCUT2D eigenvalue weighted by atomic mass is 10.0. The Bertz CT molecular complexity index is 767. The number of ether oxygens (including phenoxy) is 1. The predicted octanol–water partition coefficient (Wildman–Crippen LogP) is 3.08. The number of carbonyl (C=O) groups is 1. The summed E-state index contributed by atoms with van der Waals surface area (Å²) in [6.45, 7) is 0. The summed E-state index contributed by atoms with van der Waals surface area (Å²) < 4.78 is 4.63. The van der Waals surface area contributed by atoms with E-state index in [-0.39, 0.29) is 0 Å². The van der Waals surface area contributed by atoms with Crippen LogP contribution >= 0.6 is 0 Å². The summed E-state index contributed by atoms with van der Waals surface area (Å²) in [6, 6.07) is 13.5. The predicted molar refractivity (Wildman–Crippen MR) is 76.3 cm³/mol. The highest BCUT2D eigenvalue weighted by Gasteiger charge is 2.07. The summed E-state index contributed by atoms with van der Waals surface area (Å²) in [5.41, 5.74) is 3.24. The second-order valence-electron chi connectivity index (χ2n) is 4.33. The quantitative estimate of drug-likeness (QED) is 0.667. The molecule has 0 fully saturated rings. The number of nitrogens with zero attached hydrogens (tertiary/aromatic N) is 2. The van der Waals surface area contributed by atoms with Gasteiger partial charge in [0, 0.05) is 23.3 Å². The third-order valence-electron chi connectivity index (χ3n) is 3.09. The van der Waals surface area contributed by atoms with Gasteiger partial charge in [0.2, 0.25) is 0 Å². The van der Waals surface area contributed by atoms with Crippen molar-refractivity contribution in [2.45, 2.75) is 0 Å². The van der Waals surface area contributed by atoms with E-state index in [1.54, 1.807) is 18.5 Å². The van der Waals surface area contributed by atoms with Gasteiger partial charge in [-0.15, -0.1) is 0 Å². The molecule has 0 radical (unpaired) electrons. The van der Waals surface area contributed by atoms with Crippen LogP contribution in [0.25, 0.3) is 22.0 Å². The van der Waals surface area contributed by atoms with E-state index in [0.29, 0.717) is 5.69 Å². The van der Waals surface area contributed by atoms with E-state index in [9.17, 15) is 4.79 Å². The third kappa shape index (κ3) is 2.23. The molecule has 0 aliphatic rings. The highest BCUT2D eigenvalue weighted by Crippen LogP contribution is 2.23. The molecule has 3 aromatic rings. The second kappa shape index (κ2) is 5.09. The van der Waals surface area contributed by atoms with Gasteiger partial charge in [-0.25, -0.2) is 9.78 Å². The molecule has 0 atom stereocenters. The largest absolute Gasteiger partial charge is 0.464 e. The van der Waals surface area contributed by atoms with Crippen molar-refractivity contribution in [3.05, 3.63) is 60.6 Å². The fraction of sp³-hybridized carbons (Fsp3) is 0.0625. The number of pyridine rings is 2. The molecule has 0 N–H and O–H groups in total. The van der Waals surface area contributed by atoms with Crippen molar-refractivity contribution in [1.82, 2.24) is 9.97 Å². The number of methoxy groups -OCH3 is 1. The normalized spacial score (nSPS) is 10.4. The molecule has 0 unspecified atom stereocenters. The van der Waals surface area contributed by atoms with Crippen molar-refractivity contribution in [3.8, 4) is 11.1 Å². The summed E-state index contributed by atoms with van der Waals surface area (Å²) in [5, 5.41) is 1.07. The number of fused-ring (bicyclic) bond motifs is 1. The minimum Gasteiger partial charge on any atom is -0.464 e. The second-order valence-corrected chi connectivity index (χ2v) is 4.33. The topological polar surface area (TPSA) is 52.1 Å². The minimum atomic E-state index is -0.431. The Morgan fingerprint density at radius 3 is 2.65 bits per heavy atom. The molecule has 4 heteroatoms. The van der Waals surface area contributed by atoms with Gasteiger partial charge < -0.3 is 4.74 Å². The monoisotopic (exact) mass is 264 g/mol. The number of benzene rings is 1. The van der Waals surface area contributed by atoms with Crippen LogP contribution in [-0.2, 0) is 4.74 Å². The molecule has 1 aromatic carbocycles. The summed E-state index contributed by atoms with van der Waals surface area (Å²) in [7, 11) is 1.34. The molecule has 0 saturated carbocycles. The average Bonchev–Trinajstić information content (AvgIpc) is 2.54. The SMILES string of the molecule is COC(=O)c1ccc(-c2ccc3ncccc3c2)cn1. The Hall–Kier alpha value is -2.75. The lowest BCUT2D eigenvalue weighted by Crippen LogP contribution is -2.03. The lowest BCUT2D eigenvalue weighted by molar-refractivity contribution is 0.0594. The average molecular weight is 264 g/mol. The van der Waals surface area contributed by atoms with Crippen LogP contribution in [0.3, 0.4) is 0 Å². The van der Waals surface area contributed by atoms with E-state index in [1.165, 1.54) is 7.11 Å². The van der Waals surface area contributed by atoms with E-state index in [1.807, 2.05) is 30.3 Å². The number of esters is 1. The van der Waals surface area contributed by atoms with Crippen LogP contribution in [0.15, 0.2) is 54.9 Å². The van der Waals surface area contributed by atoms with Crippen molar-refractivity contribution in [2.24, 2.45) is 0 Å². The van der Waals surface area contributed by atoms with Gasteiger partial charge >= 0.3 is 5.97 Å². The van der Waals surface area contributed by atoms with E-state index in [2.05, 4.69) is 20.8 Å². The summed E-state index contributed by atoms with van der Waals surface area (Å²) in [5.74, 6) is -0.431. The smallest absolute Gasteiger partial charge is 0.356 e. The van der Waals surface area contributed by atoms with Crippen LogP contribution in [-0.4, -0.2) is 23.0 Å². The molecule has 0 spiro atoms. The van der Waals surface area contributed by atoms with E-state index >= 15 is 0 Å². The summed E-state index contributed by atoms with van der Waals surface area (Å²) >= 11 is 0. The molecule has 0 bridgehead atoms. The van der Waals surface area contributed by atoms with Crippen molar-refractivity contribution >= 4 is 16.9 Å². The number of carbonyl (C=O) groups excluding carboxylic acids is 1. The Balaban J connectivity index is 2.00. The van der Waals surface area contributed by atoms with E-state index < -0.39 is 5.97 Å². The Kier molecular flexibility index (Phi) is 3.13. The van der Waals surface area contributed by atoms with Crippen molar-refractivity contribution in [3.63, 3.8) is 0 Å². The lowest BCUT2D eigenvalue weighted by Gasteiger charge is -2.04. The molecule has 0 aliphatic carbocycles. The highest BCUT2D eigenvalue weighted by atomic mass is 16.5. The maximum Gasteiger partial charge on any atom is 0.356 e. The molecular weight excluding hydrogens is 252 g/mol. The standard InChI is InChI=1S/C16H12N2O2/c1-20-16(19)15-7-5-13(10-18-15)11-4-6-14-12(9-11)3-2-8-17-14/h2-10H,1H3. The first-order chi connectivity index (χ1) is 9.78. The number of aromatic nitrogens is 2. The van der Waals surface area contributed by atoms with Crippen molar-refractivity contribution < 1.29 is 9.53 Å². The third-order valence-corrected chi connectivity index (χ3v) is 3.09. The minimum absolute atomic E-state index is 0.304. The molecule has 0 amide bonds. The molecule has 20 heavy (non-hydrogen) atoms. The zero-order chi connectivity index (χ0) is 13.9. The molecule has 0 saturated heterocycles. The van der Waals surface area contributed by atoms with E-state index in [0.717, 1.165) is 22.0 Å².